The van der Waals surface area contributed by atoms with Crippen LogP contribution in [0.15, 0.2) is 12.3 Å². The maximum Gasteiger partial charge on any atom is 0.171 e. The third kappa shape index (κ3) is 3.14. The zero-order chi connectivity index (χ0) is 14.0. The predicted molar refractivity (Wildman–Crippen MR) is 77.1 cm³/mol. The number of hydrogen-bond donors (Lipinski definition) is 0. The Balaban J connectivity index is 2.40. The van der Waals surface area contributed by atoms with Crippen LogP contribution in [-0.4, -0.2) is 42.6 Å². The minimum Gasteiger partial charge on any atom is -0.336 e. The lowest BCUT2D eigenvalue weighted by Gasteiger charge is -2.35. The van der Waals surface area contributed by atoms with Crippen LogP contribution < -0.4 is 4.90 Å². The summed E-state index contributed by atoms with van der Waals surface area (Å²) in [5.74, 6) is 0.686. The summed E-state index contributed by atoms with van der Waals surface area (Å²) in [6, 6.07) is 1.15. The highest BCUT2D eigenvalue weighted by Crippen LogP contribution is 2.28. The van der Waals surface area contributed by atoms with E-state index >= 15 is 0 Å². The molecule has 1 unspecified atom stereocenters. The van der Waals surface area contributed by atoms with Crippen molar-refractivity contribution >= 4 is 39.0 Å². The molecule has 0 spiro atoms. The Kier molecular flexibility index (Phi) is 4.58. The molecule has 4 nitrogen and oxygen atoms in total. The first-order valence-electron chi connectivity index (χ1n) is 5.82. The highest BCUT2D eigenvalue weighted by molar-refractivity contribution is 8.01. The molecule has 0 aromatic carbocycles. The van der Waals surface area contributed by atoms with Crippen molar-refractivity contribution in [3.8, 4) is 0 Å². The van der Waals surface area contributed by atoms with Gasteiger partial charge in [-0.15, -0.1) is 0 Å². The van der Waals surface area contributed by atoms with Gasteiger partial charge in [0.1, 0.15) is 5.37 Å². The average Bonchev–Trinajstić information content (AvgIpc) is 2.39. The lowest BCUT2D eigenvalue weighted by atomic mass is 10.4. The summed E-state index contributed by atoms with van der Waals surface area (Å²) in [5.41, 5.74) is 0. The molecule has 0 aliphatic carbocycles. The van der Waals surface area contributed by atoms with E-state index in [1.54, 1.807) is 18.7 Å². The summed E-state index contributed by atoms with van der Waals surface area (Å²) >= 11 is 7.22. The van der Waals surface area contributed by atoms with Gasteiger partial charge in [0.05, 0.1) is 5.02 Å². The van der Waals surface area contributed by atoms with E-state index in [0.29, 0.717) is 12.3 Å². The van der Waals surface area contributed by atoms with Gasteiger partial charge in [0.15, 0.2) is 21.5 Å². The molecule has 0 amide bonds. The number of anilines is 1. The number of aromatic nitrogens is 1. The first-order chi connectivity index (χ1) is 8.95. The molecule has 2 heterocycles. The number of rotatable bonds is 3. The molecule has 0 bridgehead atoms. The van der Waals surface area contributed by atoms with Crippen molar-refractivity contribution in [2.24, 2.45) is 0 Å². The van der Waals surface area contributed by atoms with Gasteiger partial charge < -0.3 is 4.90 Å². The average molecular weight is 325 g/mol. The van der Waals surface area contributed by atoms with Crippen molar-refractivity contribution < 1.29 is 12.8 Å². The van der Waals surface area contributed by atoms with E-state index in [4.69, 9.17) is 11.6 Å². The third-order valence-electron chi connectivity index (χ3n) is 2.96. The molecule has 1 saturated heterocycles. The Morgan fingerprint density at radius 2 is 2.37 bits per heavy atom. The van der Waals surface area contributed by atoms with Crippen LogP contribution >= 0.6 is 23.4 Å². The van der Waals surface area contributed by atoms with Crippen LogP contribution in [0.1, 0.15) is 6.92 Å². The van der Waals surface area contributed by atoms with Crippen molar-refractivity contribution in [1.82, 2.24) is 4.98 Å². The summed E-state index contributed by atoms with van der Waals surface area (Å²) in [6.07, 6.45) is 1.33. The first kappa shape index (κ1) is 14.9. The molecule has 1 aliphatic rings. The summed E-state index contributed by atoms with van der Waals surface area (Å²) in [7, 11) is -3.28. The van der Waals surface area contributed by atoms with Crippen LogP contribution in [0.2, 0.25) is 5.02 Å². The van der Waals surface area contributed by atoms with Gasteiger partial charge in [-0.25, -0.2) is 17.8 Å². The molecular weight excluding hydrogens is 311 g/mol. The first-order valence-corrected chi connectivity index (χ1v) is 9.07. The lowest BCUT2D eigenvalue weighted by molar-refractivity contribution is 0.571. The van der Waals surface area contributed by atoms with Crippen molar-refractivity contribution in [2.75, 3.05) is 28.7 Å². The van der Waals surface area contributed by atoms with Crippen LogP contribution in [0.3, 0.4) is 0 Å². The second kappa shape index (κ2) is 5.85. The standard InChI is InChI=1S/C11H14ClFN2O2S2/c1-2-19(16,17)10-7-18-4-3-15(10)11-9(13)5-8(12)6-14-11/h5-6,10H,2-4,7H2,1H3. The van der Waals surface area contributed by atoms with E-state index in [9.17, 15) is 12.8 Å². The Morgan fingerprint density at radius 1 is 1.63 bits per heavy atom. The van der Waals surface area contributed by atoms with Crippen LogP contribution in [0.5, 0.6) is 0 Å². The van der Waals surface area contributed by atoms with Crippen LogP contribution in [0.4, 0.5) is 10.2 Å². The molecule has 19 heavy (non-hydrogen) atoms. The fraction of sp³-hybridized carbons (Fsp3) is 0.545. The third-order valence-corrected chi connectivity index (χ3v) is 6.46. The Morgan fingerprint density at radius 3 is 3.00 bits per heavy atom. The monoisotopic (exact) mass is 324 g/mol. The molecule has 1 aromatic heterocycles. The lowest BCUT2D eigenvalue weighted by Crippen LogP contribution is -2.48. The van der Waals surface area contributed by atoms with Crippen LogP contribution in [-0.2, 0) is 9.84 Å². The molecular formula is C11H14ClFN2O2S2. The Bertz CT molecular complexity index is 568. The zero-order valence-corrected chi connectivity index (χ0v) is 12.7. The van der Waals surface area contributed by atoms with Crippen molar-refractivity contribution in [1.29, 1.82) is 0 Å². The van der Waals surface area contributed by atoms with Gasteiger partial charge in [-0.3, -0.25) is 0 Å². The molecule has 1 aliphatic heterocycles. The van der Waals surface area contributed by atoms with Crippen molar-refractivity contribution in [3.63, 3.8) is 0 Å². The van der Waals surface area contributed by atoms with E-state index in [1.165, 1.54) is 11.1 Å². The Hall–Kier alpha value is -0.530. The fourth-order valence-electron chi connectivity index (χ4n) is 1.93. The van der Waals surface area contributed by atoms with Gasteiger partial charge >= 0.3 is 0 Å². The summed E-state index contributed by atoms with van der Waals surface area (Å²) in [4.78, 5) is 5.47. The van der Waals surface area contributed by atoms with E-state index in [0.717, 1.165) is 11.8 Å². The second-order valence-electron chi connectivity index (χ2n) is 4.13. The predicted octanol–water partition coefficient (Wildman–Crippen LogP) is 2.19. The number of nitrogens with zero attached hydrogens (tertiary/aromatic N) is 2. The van der Waals surface area contributed by atoms with Crippen molar-refractivity contribution in [3.05, 3.63) is 23.1 Å². The molecule has 0 N–H and O–H groups in total. The Labute approximate surface area is 121 Å². The number of pyridine rings is 1. The van der Waals surface area contributed by atoms with E-state index in [1.807, 2.05) is 0 Å². The largest absolute Gasteiger partial charge is 0.336 e. The quantitative estimate of drug-likeness (QED) is 0.853. The van der Waals surface area contributed by atoms with Gasteiger partial charge in [0.2, 0.25) is 0 Å². The molecule has 106 valence electrons. The molecule has 1 atom stereocenters. The molecule has 8 heteroatoms. The number of thioether (sulfide) groups is 1. The van der Waals surface area contributed by atoms with Crippen LogP contribution in [0.25, 0.3) is 0 Å². The summed E-state index contributed by atoms with van der Waals surface area (Å²) in [5, 5.41) is -0.526. The van der Waals surface area contributed by atoms with Gasteiger partial charge in [-0.2, -0.15) is 11.8 Å². The minimum absolute atomic E-state index is 0.0317. The SMILES string of the molecule is CCS(=O)(=O)C1CSCCN1c1ncc(Cl)cc1F. The maximum absolute atomic E-state index is 13.9. The second-order valence-corrected chi connectivity index (χ2v) is 8.17. The van der Waals surface area contributed by atoms with E-state index in [2.05, 4.69) is 4.98 Å². The van der Waals surface area contributed by atoms with Crippen molar-refractivity contribution in [2.45, 2.75) is 12.3 Å². The number of hydrogen-bond acceptors (Lipinski definition) is 5. The maximum atomic E-state index is 13.9. The van der Waals surface area contributed by atoms with E-state index in [-0.39, 0.29) is 16.6 Å². The summed E-state index contributed by atoms with van der Waals surface area (Å²) < 4.78 is 38.1. The molecule has 2 rings (SSSR count). The topological polar surface area (TPSA) is 50.3 Å². The highest BCUT2D eigenvalue weighted by Gasteiger charge is 2.34. The fourth-order valence-corrected chi connectivity index (χ4v) is 5.05. The number of sulfone groups is 1. The smallest absolute Gasteiger partial charge is 0.171 e. The highest BCUT2D eigenvalue weighted by atomic mass is 35.5. The normalized spacial score (nSPS) is 20.6. The molecule has 1 aromatic rings. The van der Waals surface area contributed by atoms with Gasteiger partial charge in [0.25, 0.3) is 0 Å². The molecule has 0 saturated carbocycles. The van der Waals surface area contributed by atoms with Crippen LogP contribution in [0, 0.1) is 5.82 Å². The van der Waals surface area contributed by atoms with Gasteiger partial charge in [0, 0.05) is 30.0 Å². The molecule has 1 fully saturated rings. The molecule has 0 radical (unpaired) electrons. The van der Waals surface area contributed by atoms with Gasteiger partial charge in [-0.1, -0.05) is 18.5 Å². The summed E-state index contributed by atoms with van der Waals surface area (Å²) in [6.45, 7) is 2.05. The minimum atomic E-state index is -3.28. The zero-order valence-electron chi connectivity index (χ0n) is 10.3. The van der Waals surface area contributed by atoms with E-state index < -0.39 is 21.0 Å². The van der Waals surface area contributed by atoms with Gasteiger partial charge in [-0.05, 0) is 6.07 Å². The number of halogens is 2.